The lowest BCUT2D eigenvalue weighted by atomic mass is 10.1. The number of aromatic nitrogens is 3. The molecule has 5 heteroatoms. The van der Waals surface area contributed by atoms with E-state index < -0.39 is 5.97 Å². The molecule has 2 heterocycles. The molecule has 100 valence electrons. The van der Waals surface area contributed by atoms with E-state index in [-0.39, 0.29) is 5.69 Å². The van der Waals surface area contributed by atoms with Crippen LogP contribution in [0.4, 0.5) is 0 Å². The largest absolute Gasteiger partial charge is 0.477 e. The Morgan fingerprint density at radius 3 is 2.55 bits per heavy atom. The average Bonchev–Trinajstić information content (AvgIpc) is 2.80. The van der Waals surface area contributed by atoms with E-state index in [4.69, 9.17) is 0 Å². The second-order valence-electron chi connectivity index (χ2n) is 4.76. The molecule has 0 saturated carbocycles. The predicted molar refractivity (Wildman–Crippen MR) is 74.9 cm³/mol. The molecule has 3 rings (SSSR count). The van der Waals surface area contributed by atoms with Gasteiger partial charge < -0.3 is 5.11 Å². The van der Waals surface area contributed by atoms with Crippen LogP contribution in [0, 0.1) is 13.8 Å². The van der Waals surface area contributed by atoms with Crippen LogP contribution < -0.4 is 0 Å². The van der Waals surface area contributed by atoms with Gasteiger partial charge in [0.15, 0.2) is 11.3 Å². The molecule has 0 amide bonds. The van der Waals surface area contributed by atoms with E-state index in [1.54, 1.807) is 12.3 Å². The lowest BCUT2D eigenvalue weighted by Crippen LogP contribution is -2.08. The van der Waals surface area contributed by atoms with Crippen molar-refractivity contribution < 1.29 is 9.90 Å². The SMILES string of the molecule is Cc1ccc(-c2cc(C(=O)O)n3ncc(C)c3n2)cc1. The number of aromatic carboxylic acids is 1. The summed E-state index contributed by atoms with van der Waals surface area (Å²) in [6.07, 6.45) is 1.62. The molecule has 20 heavy (non-hydrogen) atoms. The first kappa shape index (κ1) is 12.3. The van der Waals surface area contributed by atoms with Crippen LogP contribution in [-0.4, -0.2) is 25.7 Å². The number of aryl methyl sites for hydroxylation is 2. The third-order valence-electron chi connectivity index (χ3n) is 3.21. The summed E-state index contributed by atoms with van der Waals surface area (Å²) in [7, 11) is 0. The Morgan fingerprint density at radius 1 is 1.20 bits per heavy atom. The molecular formula is C15H13N3O2. The summed E-state index contributed by atoms with van der Waals surface area (Å²) in [6, 6.07) is 9.37. The predicted octanol–water partition coefficient (Wildman–Crippen LogP) is 2.71. The number of carboxylic acids is 1. The average molecular weight is 267 g/mol. The minimum Gasteiger partial charge on any atom is -0.477 e. The van der Waals surface area contributed by atoms with Crippen molar-refractivity contribution in [3.05, 3.63) is 53.3 Å². The van der Waals surface area contributed by atoms with E-state index in [2.05, 4.69) is 10.1 Å². The van der Waals surface area contributed by atoms with Gasteiger partial charge in [-0.15, -0.1) is 0 Å². The molecule has 0 aliphatic rings. The van der Waals surface area contributed by atoms with Crippen LogP contribution >= 0.6 is 0 Å². The number of hydrogen-bond donors (Lipinski definition) is 1. The van der Waals surface area contributed by atoms with Gasteiger partial charge in [-0.25, -0.2) is 14.3 Å². The summed E-state index contributed by atoms with van der Waals surface area (Å²) in [5.74, 6) is -1.02. The second-order valence-corrected chi connectivity index (χ2v) is 4.76. The number of fused-ring (bicyclic) bond motifs is 1. The van der Waals surface area contributed by atoms with Gasteiger partial charge in [-0.1, -0.05) is 29.8 Å². The molecule has 0 saturated heterocycles. The topological polar surface area (TPSA) is 67.5 Å². The van der Waals surface area contributed by atoms with Crippen molar-refractivity contribution in [2.75, 3.05) is 0 Å². The quantitative estimate of drug-likeness (QED) is 0.775. The molecule has 0 unspecified atom stereocenters. The Labute approximate surface area is 115 Å². The Bertz CT molecular complexity index is 804. The van der Waals surface area contributed by atoms with Gasteiger partial charge in [0, 0.05) is 11.1 Å². The van der Waals surface area contributed by atoms with Gasteiger partial charge in [-0.2, -0.15) is 5.10 Å². The van der Waals surface area contributed by atoms with Crippen LogP contribution in [-0.2, 0) is 0 Å². The van der Waals surface area contributed by atoms with E-state index in [1.165, 1.54) is 4.52 Å². The normalized spacial score (nSPS) is 10.9. The van der Waals surface area contributed by atoms with Gasteiger partial charge in [0.2, 0.25) is 0 Å². The first-order valence-corrected chi connectivity index (χ1v) is 6.22. The van der Waals surface area contributed by atoms with Crippen molar-refractivity contribution >= 4 is 11.6 Å². The Kier molecular flexibility index (Phi) is 2.75. The van der Waals surface area contributed by atoms with E-state index in [0.29, 0.717) is 11.3 Å². The maximum atomic E-state index is 11.4. The van der Waals surface area contributed by atoms with Gasteiger partial charge in [0.25, 0.3) is 0 Å². The van der Waals surface area contributed by atoms with Crippen LogP contribution in [0.15, 0.2) is 36.5 Å². The Balaban J connectivity index is 2.28. The van der Waals surface area contributed by atoms with Crippen LogP contribution in [0.3, 0.4) is 0 Å². The number of hydrogen-bond acceptors (Lipinski definition) is 3. The second kappa shape index (κ2) is 4.45. The maximum absolute atomic E-state index is 11.4. The first-order valence-electron chi connectivity index (χ1n) is 6.22. The Hall–Kier alpha value is -2.69. The highest BCUT2D eigenvalue weighted by molar-refractivity contribution is 5.88. The van der Waals surface area contributed by atoms with E-state index in [1.807, 2.05) is 38.1 Å². The molecule has 0 bridgehead atoms. The standard InChI is InChI=1S/C15H13N3O2/c1-9-3-5-11(6-4-9)12-7-13(15(19)20)18-14(17-12)10(2)8-16-18/h3-8H,1-2H3,(H,19,20). The summed E-state index contributed by atoms with van der Waals surface area (Å²) < 4.78 is 1.36. The smallest absolute Gasteiger partial charge is 0.354 e. The van der Waals surface area contributed by atoms with E-state index >= 15 is 0 Å². The molecule has 0 radical (unpaired) electrons. The first-order chi connectivity index (χ1) is 9.56. The van der Waals surface area contributed by atoms with Crippen molar-refractivity contribution in [1.29, 1.82) is 0 Å². The molecule has 0 aliphatic heterocycles. The molecule has 1 aromatic carbocycles. The van der Waals surface area contributed by atoms with Crippen molar-refractivity contribution in [3.8, 4) is 11.3 Å². The zero-order valence-corrected chi connectivity index (χ0v) is 11.2. The van der Waals surface area contributed by atoms with Crippen LogP contribution in [0.2, 0.25) is 0 Å². The number of benzene rings is 1. The van der Waals surface area contributed by atoms with Crippen molar-refractivity contribution in [2.45, 2.75) is 13.8 Å². The molecule has 1 N–H and O–H groups in total. The zero-order valence-electron chi connectivity index (χ0n) is 11.2. The fraction of sp³-hybridized carbons (Fsp3) is 0.133. The summed E-state index contributed by atoms with van der Waals surface area (Å²) in [6.45, 7) is 3.87. The fourth-order valence-electron chi connectivity index (χ4n) is 2.10. The van der Waals surface area contributed by atoms with Crippen molar-refractivity contribution in [1.82, 2.24) is 14.6 Å². The summed E-state index contributed by atoms with van der Waals surface area (Å²) in [4.78, 5) is 15.9. The van der Waals surface area contributed by atoms with Gasteiger partial charge in [-0.3, -0.25) is 0 Å². The summed E-state index contributed by atoms with van der Waals surface area (Å²) >= 11 is 0. The highest BCUT2D eigenvalue weighted by atomic mass is 16.4. The van der Waals surface area contributed by atoms with Gasteiger partial charge in [0.05, 0.1) is 11.9 Å². The van der Waals surface area contributed by atoms with Gasteiger partial charge in [0.1, 0.15) is 0 Å². The fourth-order valence-corrected chi connectivity index (χ4v) is 2.10. The van der Waals surface area contributed by atoms with Crippen LogP contribution in [0.1, 0.15) is 21.6 Å². The molecule has 0 atom stereocenters. The molecule has 2 aromatic heterocycles. The molecule has 5 nitrogen and oxygen atoms in total. The zero-order chi connectivity index (χ0) is 14.3. The van der Waals surface area contributed by atoms with Crippen LogP contribution in [0.25, 0.3) is 16.9 Å². The lowest BCUT2D eigenvalue weighted by Gasteiger charge is -2.06. The van der Waals surface area contributed by atoms with Crippen molar-refractivity contribution in [3.63, 3.8) is 0 Å². The van der Waals surface area contributed by atoms with E-state index in [9.17, 15) is 9.90 Å². The molecule has 0 spiro atoms. The highest BCUT2D eigenvalue weighted by Gasteiger charge is 2.15. The van der Waals surface area contributed by atoms with Crippen LogP contribution in [0.5, 0.6) is 0 Å². The molecule has 3 aromatic rings. The number of rotatable bonds is 2. The monoisotopic (exact) mass is 267 g/mol. The van der Waals surface area contributed by atoms with Gasteiger partial charge >= 0.3 is 5.97 Å². The van der Waals surface area contributed by atoms with Crippen molar-refractivity contribution in [2.24, 2.45) is 0 Å². The third kappa shape index (κ3) is 1.93. The highest BCUT2D eigenvalue weighted by Crippen LogP contribution is 2.21. The molecule has 0 aliphatic carbocycles. The number of nitrogens with zero attached hydrogens (tertiary/aromatic N) is 3. The third-order valence-corrected chi connectivity index (χ3v) is 3.21. The minimum atomic E-state index is -1.02. The maximum Gasteiger partial charge on any atom is 0.354 e. The molecular weight excluding hydrogens is 254 g/mol. The van der Waals surface area contributed by atoms with E-state index in [0.717, 1.165) is 16.7 Å². The lowest BCUT2D eigenvalue weighted by molar-refractivity contribution is 0.0687. The molecule has 0 fully saturated rings. The number of carboxylic acid groups (broad SMARTS) is 1. The number of carbonyl (C=O) groups is 1. The minimum absolute atomic E-state index is 0.110. The van der Waals surface area contributed by atoms with Gasteiger partial charge in [-0.05, 0) is 19.9 Å². The summed E-state index contributed by atoms with van der Waals surface area (Å²) in [5, 5.41) is 13.4. The Morgan fingerprint density at radius 2 is 1.90 bits per heavy atom. The summed E-state index contributed by atoms with van der Waals surface area (Å²) in [5.41, 5.74) is 4.20.